The molecule has 1 heterocycles. The molecule has 0 bridgehead atoms. The molecule has 128 valence electrons. The summed E-state index contributed by atoms with van der Waals surface area (Å²) in [5.74, 6) is 0.412. The van der Waals surface area contributed by atoms with E-state index in [2.05, 4.69) is 10.3 Å². The van der Waals surface area contributed by atoms with E-state index in [4.69, 9.17) is 14.6 Å². The highest BCUT2D eigenvalue weighted by atomic mass is 32.1. The molecule has 0 aliphatic rings. The zero-order valence-electron chi connectivity index (χ0n) is 13.6. The monoisotopic (exact) mass is 356 g/mol. The summed E-state index contributed by atoms with van der Waals surface area (Å²) in [5, 5.41) is 14.8. The summed E-state index contributed by atoms with van der Waals surface area (Å²) in [5.41, 5.74) is 2.51. The summed E-state index contributed by atoms with van der Waals surface area (Å²) in [6, 6.07) is 12.1. The lowest BCUT2D eigenvalue weighted by atomic mass is 10.1. The van der Waals surface area contributed by atoms with E-state index < -0.39 is 5.97 Å². The number of nitrogens with zero attached hydrogens (tertiary/aromatic N) is 1. The van der Waals surface area contributed by atoms with Gasteiger partial charge in [-0.3, -0.25) is 0 Å². The van der Waals surface area contributed by atoms with Gasteiger partial charge in [0.05, 0.1) is 25.5 Å². The van der Waals surface area contributed by atoms with Crippen LogP contribution in [0, 0.1) is 0 Å². The van der Waals surface area contributed by atoms with Crippen LogP contribution in [0.5, 0.6) is 11.5 Å². The predicted molar refractivity (Wildman–Crippen MR) is 97.3 cm³/mol. The molecule has 7 heteroatoms. The molecule has 2 aromatic carbocycles. The van der Waals surface area contributed by atoms with Crippen LogP contribution in [0.4, 0.5) is 10.8 Å². The average Bonchev–Trinajstić information content (AvgIpc) is 3.09. The lowest BCUT2D eigenvalue weighted by molar-refractivity contribution is 0.0697. The van der Waals surface area contributed by atoms with Gasteiger partial charge in [0.2, 0.25) is 0 Å². The third-order valence-electron chi connectivity index (χ3n) is 3.55. The van der Waals surface area contributed by atoms with Crippen molar-refractivity contribution in [3.63, 3.8) is 0 Å². The number of anilines is 2. The van der Waals surface area contributed by atoms with Gasteiger partial charge in [-0.2, -0.15) is 0 Å². The SMILES string of the molecule is COc1ccc(-c2csc(Nc3cccc(C(=O)O)c3)n2)c(OC)c1. The number of carbonyl (C=O) groups is 1. The second-order valence-corrected chi connectivity index (χ2v) is 5.97. The highest BCUT2D eigenvalue weighted by Gasteiger charge is 2.12. The molecule has 0 spiro atoms. The third-order valence-corrected chi connectivity index (χ3v) is 4.31. The van der Waals surface area contributed by atoms with Crippen molar-refractivity contribution in [2.24, 2.45) is 0 Å². The molecule has 6 nitrogen and oxygen atoms in total. The second kappa shape index (κ2) is 7.23. The third kappa shape index (κ3) is 3.72. The molecule has 3 aromatic rings. The average molecular weight is 356 g/mol. The van der Waals surface area contributed by atoms with Crippen molar-refractivity contribution in [3.05, 3.63) is 53.4 Å². The molecule has 1 aromatic heterocycles. The number of benzene rings is 2. The van der Waals surface area contributed by atoms with Gasteiger partial charge < -0.3 is 19.9 Å². The maximum absolute atomic E-state index is 11.1. The number of hydrogen-bond donors (Lipinski definition) is 2. The Labute approximate surface area is 148 Å². The topological polar surface area (TPSA) is 80.7 Å². The summed E-state index contributed by atoms with van der Waals surface area (Å²) < 4.78 is 10.6. The molecule has 0 fully saturated rings. The van der Waals surface area contributed by atoms with Crippen molar-refractivity contribution >= 4 is 28.1 Å². The molecule has 25 heavy (non-hydrogen) atoms. The van der Waals surface area contributed by atoms with Crippen LogP contribution in [0.1, 0.15) is 10.4 Å². The first kappa shape index (κ1) is 16.8. The number of thiazole rings is 1. The van der Waals surface area contributed by atoms with Crippen LogP contribution in [0.15, 0.2) is 47.8 Å². The second-order valence-electron chi connectivity index (χ2n) is 5.12. The van der Waals surface area contributed by atoms with Gasteiger partial charge in [-0.25, -0.2) is 9.78 Å². The van der Waals surface area contributed by atoms with Crippen LogP contribution in [-0.4, -0.2) is 30.3 Å². The number of methoxy groups -OCH3 is 2. The Bertz CT molecular complexity index is 908. The van der Waals surface area contributed by atoms with Gasteiger partial charge in [-0.1, -0.05) is 6.07 Å². The molecular formula is C18H16N2O4S. The van der Waals surface area contributed by atoms with Crippen molar-refractivity contribution in [1.29, 1.82) is 0 Å². The fourth-order valence-corrected chi connectivity index (χ4v) is 3.05. The Hall–Kier alpha value is -3.06. The number of carboxylic acids is 1. The Balaban J connectivity index is 1.86. The minimum atomic E-state index is -0.966. The number of ether oxygens (including phenoxy) is 2. The molecule has 0 atom stereocenters. The van der Waals surface area contributed by atoms with Gasteiger partial charge >= 0.3 is 5.97 Å². The molecule has 0 aliphatic heterocycles. The van der Waals surface area contributed by atoms with Gasteiger partial charge in [0.1, 0.15) is 11.5 Å². The lowest BCUT2D eigenvalue weighted by Crippen LogP contribution is -1.97. The Morgan fingerprint density at radius 3 is 2.72 bits per heavy atom. The van der Waals surface area contributed by atoms with Crippen LogP contribution >= 0.6 is 11.3 Å². The highest BCUT2D eigenvalue weighted by molar-refractivity contribution is 7.14. The molecule has 0 radical (unpaired) electrons. The van der Waals surface area contributed by atoms with Crippen molar-refractivity contribution in [2.75, 3.05) is 19.5 Å². The van der Waals surface area contributed by atoms with Crippen LogP contribution < -0.4 is 14.8 Å². The molecule has 3 rings (SSSR count). The Morgan fingerprint density at radius 1 is 1.16 bits per heavy atom. The van der Waals surface area contributed by atoms with E-state index in [-0.39, 0.29) is 5.56 Å². The van der Waals surface area contributed by atoms with Crippen LogP contribution in [0.2, 0.25) is 0 Å². The number of carboxylic acid groups (broad SMARTS) is 1. The molecule has 0 aliphatic carbocycles. The Morgan fingerprint density at radius 2 is 2.00 bits per heavy atom. The zero-order chi connectivity index (χ0) is 17.8. The van der Waals surface area contributed by atoms with Gasteiger partial charge in [-0.15, -0.1) is 11.3 Å². The Kier molecular flexibility index (Phi) is 4.85. The smallest absolute Gasteiger partial charge is 0.335 e. The first-order chi connectivity index (χ1) is 12.1. The first-order valence-corrected chi connectivity index (χ1v) is 8.27. The number of nitrogens with one attached hydrogen (secondary N) is 1. The van der Waals surface area contributed by atoms with E-state index in [1.165, 1.54) is 11.3 Å². The van der Waals surface area contributed by atoms with Gasteiger partial charge in [0.15, 0.2) is 5.13 Å². The van der Waals surface area contributed by atoms with Gasteiger partial charge in [0, 0.05) is 22.7 Å². The minimum Gasteiger partial charge on any atom is -0.497 e. The van der Waals surface area contributed by atoms with Crippen molar-refractivity contribution in [2.45, 2.75) is 0 Å². The molecule has 0 saturated heterocycles. The summed E-state index contributed by atoms with van der Waals surface area (Å²) in [7, 11) is 3.20. The van der Waals surface area contributed by atoms with Crippen molar-refractivity contribution in [1.82, 2.24) is 4.98 Å². The van der Waals surface area contributed by atoms with E-state index in [1.807, 2.05) is 17.5 Å². The highest BCUT2D eigenvalue weighted by Crippen LogP contribution is 2.35. The number of hydrogen-bond acceptors (Lipinski definition) is 6. The zero-order valence-corrected chi connectivity index (χ0v) is 14.5. The number of aromatic carboxylic acids is 1. The summed E-state index contributed by atoms with van der Waals surface area (Å²) in [4.78, 5) is 15.6. The summed E-state index contributed by atoms with van der Waals surface area (Å²) in [6.45, 7) is 0. The van der Waals surface area contributed by atoms with Crippen LogP contribution in [0.3, 0.4) is 0 Å². The van der Waals surface area contributed by atoms with E-state index in [0.29, 0.717) is 22.3 Å². The quantitative estimate of drug-likeness (QED) is 0.686. The normalized spacial score (nSPS) is 10.3. The molecule has 0 unspecified atom stereocenters. The van der Waals surface area contributed by atoms with E-state index in [0.717, 1.165) is 11.3 Å². The minimum absolute atomic E-state index is 0.221. The van der Waals surface area contributed by atoms with Crippen molar-refractivity contribution in [3.8, 4) is 22.8 Å². The molecular weight excluding hydrogens is 340 g/mol. The number of aromatic nitrogens is 1. The van der Waals surface area contributed by atoms with Crippen molar-refractivity contribution < 1.29 is 19.4 Å². The molecule has 2 N–H and O–H groups in total. The van der Waals surface area contributed by atoms with Gasteiger partial charge in [-0.05, 0) is 30.3 Å². The predicted octanol–water partition coefficient (Wildman–Crippen LogP) is 4.27. The number of rotatable bonds is 6. The van der Waals surface area contributed by atoms with E-state index >= 15 is 0 Å². The van der Waals surface area contributed by atoms with Gasteiger partial charge in [0.25, 0.3) is 0 Å². The summed E-state index contributed by atoms with van der Waals surface area (Å²) >= 11 is 1.43. The van der Waals surface area contributed by atoms with Crippen LogP contribution in [0.25, 0.3) is 11.3 Å². The van der Waals surface area contributed by atoms with Crippen LogP contribution in [-0.2, 0) is 0 Å². The standard InChI is InChI=1S/C18H16N2O4S/c1-23-13-6-7-14(16(9-13)24-2)15-10-25-18(20-15)19-12-5-3-4-11(8-12)17(21)22/h3-10H,1-2H3,(H,19,20)(H,21,22). The van der Waals surface area contributed by atoms with E-state index in [1.54, 1.807) is 44.6 Å². The fraction of sp³-hybridized carbons (Fsp3) is 0.111. The maximum atomic E-state index is 11.1. The fourth-order valence-electron chi connectivity index (χ4n) is 2.32. The van der Waals surface area contributed by atoms with E-state index in [9.17, 15) is 4.79 Å². The maximum Gasteiger partial charge on any atom is 0.335 e. The first-order valence-electron chi connectivity index (χ1n) is 7.39. The molecule has 0 saturated carbocycles. The molecule has 0 amide bonds. The summed E-state index contributed by atoms with van der Waals surface area (Å²) in [6.07, 6.45) is 0. The lowest BCUT2D eigenvalue weighted by Gasteiger charge is -2.08. The largest absolute Gasteiger partial charge is 0.497 e.